The number of H-pyrrole nitrogens is 1. The third kappa shape index (κ3) is 9.55. The molecule has 186 valence electrons. The van der Waals surface area contributed by atoms with Crippen LogP contribution >= 0.6 is 0 Å². The van der Waals surface area contributed by atoms with Gasteiger partial charge in [-0.05, 0) is 31.7 Å². The van der Waals surface area contributed by atoms with Crippen molar-refractivity contribution in [1.82, 2.24) is 25.9 Å². The summed E-state index contributed by atoms with van der Waals surface area (Å²) in [4.78, 5) is 55.9. The minimum atomic E-state index is -1.33. The molecule has 33 heavy (non-hydrogen) atoms. The summed E-state index contributed by atoms with van der Waals surface area (Å²) < 4.78 is 0. The first-order valence-electron chi connectivity index (χ1n) is 10.8. The lowest BCUT2D eigenvalue weighted by atomic mass is 10.0. The van der Waals surface area contributed by atoms with Gasteiger partial charge in [-0.3, -0.25) is 14.4 Å². The number of aromatic amines is 1. The molecule has 4 unspecified atom stereocenters. The van der Waals surface area contributed by atoms with Crippen molar-refractivity contribution < 1.29 is 29.4 Å². The van der Waals surface area contributed by atoms with Crippen molar-refractivity contribution in [2.24, 2.45) is 17.4 Å². The summed E-state index contributed by atoms with van der Waals surface area (Å²) in [6, 6.07) is -4.57. The van der Waals surface area contributed by atoms with E-state index in [1.807, 2.05) is 0 Å². The Kier molecular flexibility index (Phi) is 12.0. The maximum absolute atomic E-state index is 12.8. The lowest BCUT2D eigenvalue weighted by Crippen LogP contribution is -2.58. The van der Waals surface area contributed by atoms with Crippen LogP contribution < -0.4 is 27.4 Å². The Bertz CT molecular complexity index is 771. The molecular formula is C20H35N7O6. The van der Waals surface area contributed by atoms with E-state index in [1.54, 1.807) is 13.8 Å². The van der Waals surface area contributed by atoms with E-state index < -0.39 is 54.5 Å². The van der Waals surface area contributed by atoms with Gasteiger partial charge in [0.05, 0.1) is 19.0 Å². The first-order chi connectivity index (χ1) is 15.6. The lowest BCUT2D eigenvalue weighted by molar-refractivity contribution is -0.142. The fourth-order valence-corrected chi connectivity index (χ4v) is 2.89. The summed E-state index contributed by atoms with van der Waals surface area (Å²) >= 11 is 0. The largest absolute Gasteiger partial charge is 0.480 e. The van der Waals surface area contributed by atoms with Gasteiger partial charge in [0.2, 0.25) is 17.7 Å². The Morgan fingerprint density at radius 3 is 2.15 bits per heavy atom. The molecule has 10 N–H and O–H groups in total. The van der Waals surface area contributed by atoms with E-state index in [9.17, 15) is 29.4 Å². The molecule has 1 heterocycles. The Labute approximate surface area is 192 Å². The van der Waals surface area contributed by atoms with Gasteiger partial charge >= 0.3 is 5.97 Å². The Balaban J connectivity index is 2.88. The number of nitrogens with two attached hydrogens (primary N) is 2. The molecule has 13 heteroatoms. The zero-order valence-electron chi connectivity index (χ0n) is 18.9. The van der Waals surface area contributed by atoms with Gasteiger partial charge in [-0.25, -0.2) is 9.78 Å². The van der Waals surface area contributed by atoms with Crippen LogP contribution in [0.25, 0.3) is 0 Å². The highest BCUT2D eigenvalue weighted by Gasteiger charge is 2.30. The molecule has 0 aliphatic heterocycles. The molecule has 0 aliphatic carbocycles. The lowest BCUT2D eigenvalue weighted by Gasteiger charge is -2.25. The van der Waals surface area contributed by atoms with Gasteiger partial charge in [0.15, 0.2) is 0 Å². The topological polar surface area (TPSA) is 226 Å². The van der Waals surface area contributed by atoms with Crippen molar-refractivity contribution >= 4 is 23.7 Å². The smallest absolute Gasteiger partial charge is 0.326 e. The molecule has 0 saturated heterocycles. The van der Waals surface area contributed by atoms with Crippen LogP contribution in [0, 0.1) is 5.92 Å². The van der Waals surface area contributed by atoms with E-state index in [1.165, 1.54) is 12.5 Å². The molecule has 0 aromatic carbocycles. The summed E-state index contributed by atoms with van der Waals surface area (Å²) in [5.74, 6) is -3.57. The molecule has 1 aromatic rings. The summed E-state index contributed by atoms with van der Waals surface area (Å²) in [6.45, 7) is 3.13. The van der Waals surface area contributed by atoms with Crippen LogP contribution in [0.2, 0.25) is 0 Å². The summed E-state index contributed by atoms with van der Waals surface area (Å²) in [7, 11) is 0. The van der Waals surface area contributed by atoms with Crippen molar-refractivity contribution in [2.45, 2.75) is 63.7 Å². The third-order valence-electron chi connectivity index (χ3n) is 5.01. The molecular weight excluding hydrogens is 434 g/mol. The molecule has 4 atom stereocenters. The van der Waals surface area contributed by atoms with Gasteiger partial charge in [-0.1, -0.05) is 13.8 Å². The second-order valence-corrected chi connectivity index (χ2v) is 8.04. The number of carbonyl (C=O) groups excluding carboxylic acids is 3. The molecule has 1 rings (SSSR count). The zero-order valence-corrected chi connectivity index (χ0v) is 18.9. The highest BCUT2D eigenvalue weighted by atomic mass is 16.4. The van der Waals surface area contributed by atoms with Crippen LogP contribution in [0.1, 0.15) is 38.8 Å². The molecule has 13 nitrogen and oxygen atoms in total. The molecule has 1 aromatic heterocycles. The maximum Gasteiger partial charge on any atom is 0.326 e. The van der Waals surface area contributed by atoms with Gasteiger partial charge < -0.3 is 42.6 Å². The van der Waals surface area contributed by atoms with E-state index in [-0.39, 0.29) is 18.8 Å². The van der Waals surface area contributed by atoms with E-state index in [0.717, 1.165) is 0 Å². The molecule has 0 spiro atoms. The second kappa shape index (κ2) is 14.2. The van der Waals surface area contributed by atoms with Crippen molar-refractivity contribution in [2.75, 3.05) is 13.2 Å². The minimum Gasteiger partial charge on any atom is -0.480 e. The number of aromatic nitrogens is 2. The quantitative estimate of drug-likeness (QED) is 0.128. The van der Waals surface area contributed by atoms with E-state index in [4.69, 9.17) is 11.5 Å². The van der Waals surface area contributed by atoms with Gasteiger partial charge in [-0.2, -0.15) is 0 Å². The predicted molar refractivity (Wildman–Crippen MR) is 119 cm³/mol. The number of rotatable bonds is 15. The maximum atomic E-state index is 12.8. The number of carboxylic acids is 1. The normalized spacial score (nSPS) is 14.7. The Morgan fingerprint density at radius 1 is 1.03 bits per heavy atom. The standard InChI is InChI=1S/C20H35N7O6/c1-11(2)16(22)19(31)27-15(9-28)18(30)25-13(5-3-4-6-21)17(29)26-14(20(32)33)7-12-8-23-10-24-12/h8,10-11,13-16,28H,3-7,9,21-22H2,1-2H3,(H,23,24)(H,25,30)(H,26,29)(H,27,31)(H,32,33). The highest BCUT2D eigenvalue weighted by molar-refractivity contribution is 5.94. The van der Waals surface area contributed by atoms with Crippen molar-refractivity contribution in [3.05, 3.63) is 18.2 Å². The zero-order chi connectivity index (χ0) is 25.0. The number of carbonyl (C=O) groups is 4. The number of amides is 3. The average molecular weight is 470 g/mol. The average Bonchev–Trinajstić information content (AvgIpc) is 3.28. The van der Waals surface area contributed by atoms with Gasteiger partial charge in [0.25, 0.3) is 0 Å². The molecule has 0 aliphatic rings. The van der Waals surface area contributed by atoms with E-state index in [0.29, 0.717) is 25.1 Å². The third-order valence-corrected chi connectivity index (χ3v) is 5.01. The first-order valence-corrected chi connectivity index (χ1v) is 10.8. The minimum absolute atomic E-state index is 0.0348. The monoisotopic (exact) mass is 469 g/mol. The van der Waals surface area contributed by atoms with Gasteiger partial charge in [0.1, 0.15) is 18.1 Å². The Hall–Kier alpha value is -3.03. The summed E-state index contributed by atoms with van der Waals surface area (Å²) in [5.41, 5.74) is 11.8. The van der Waals surface area contributed by atoms with Crippen LogP contribution in [0.5, 0.6) is 0 Å². The van der Waals surface area contributed by atoms with Crippen LogP contribution in [-0.4, -0.2) is 81.2 Å². The number of hydrogen-bond donors (Lipinski definition) is 8. The highest BCUT2D eigenvalue weighted by Crippen LogP contribution is 2.05. The Morgan fingerprint density at radius 2 is 1.64 bits per heavy atom. The molecule has 0 bridgehead atoms. The van der Waals surface area contributed by atoms with Crippen LogP contribution in [0.3, 0.4) is 0 Å². The number of aliphatic hydroxyl groups is 1. The van der Waals surface area contributed by atoms with Crippen LogP contribution in [0.4, 0.5) is 0 Å². The fraction of sp³-hybridized carbons (Fsp3) is 0.650. The van der Waals surface area contributed by atoms with Crippen LogP contribution in [0.15, 0.2) is 12.5 Å². The number of nitrogens with one attached hydrogen (secondary N) is 4. The van der Waals surface area contributed by atoms with E-state index in [2.05, 4.69) is 25.9 Å². The number of nitrogens with zero attached hydrogens (tertiary/aromatic N) is 1. The molecule has 0 radical (unpaired) electrons. The second-order valence-electron chi connectivity index (χ2n) is 8.04. The van der Waals surface area contributed by atoms with Crippen molar-refractivity contribution in [3.8, 4) is 0 Å². The number of unbranched alkanes of at least 4 members (excludes halogenated alkanes) is 1. The molecule has 0 fully saturated rings. The number of carboxylic acid groups (broad SMARTS) is 1. The van der Waals surface area contributed by atoms with Gasteiger partial charge in [0, 0.05) is 18.3 Å². The van der Waals surface area contributed by atoms with Crippen LogP contribution in [-0.2, 0) is 25.6 Å². The molecule has 0 saturated carbocycles. The number of imidazole rings is 1. The summed E-state index contributed by atoms with van der Waals surface area (Å²) in [6.07, 6.45) is 4.05. The number of aliphatic carboxylic acids is 1. The number of aliphatic hydroxyl groups excluding tert-OH is 1. The van der Waals surface area contributed by atoms with Crippen molar-refractivity contribution in [1.29, 1.82) is 0 Å². The fourth-order valence-electron chi connectivity index (χ4n) is 2.89. The van der Waals surface area contributed by atoms with Crippen molar-refractivity contribution in [3.63, 3.8) is 0 Å². The SMILES string of the molecule is CC(C)C(N)C(=O)NC(CO)C(=O)NC(CCCCN)C(=O)NC(Cc1cnc[nH]1)C(=O)O. The van der Waals surface area contributed by atoms with E-state index >= 15 is 0 Å². The predicted octanol–water partition coefficient (Wildman–Crippen LogP) is -2.40. The van der Waals surface area contributed by atoms with Gasteiger partial charge in [-0.15, -0.1) is 0 Å². The summed E-state index contributed by atoms with van der Waals surface area (Å²) in [5, 5.41) is 26.3. The molecule has 3 amide bonds. The first kappa shape index (κ1) is 28.0. The number of hydrogen-bond acceptors (Lipinski definition) is 8.